The Kier molecular flexibility index (Phi) is 5.53. The topological polar surface area (TPSA) is 27.7 Å². The van der Waals surface area contributed by atoms with Gasteiger partial charge >= 0.3 is 0 Å². The van der Waals surface area contributed by atoms with Crippen LogP contribution in [0.25, 0.3) is 0 Å². The molecule has 0 aliphatic carbocycles. The van der Waals surface area contributed by atoms with Gasteiger partial charge in [0.2, 0.25) is 0 Å². The van der Waals surface area contributed by atoms with Gasteiger partial charge in [-0.3, -0.25) is 0 Å². The van der Waals surface area contributed by atoms with Crippen LogP contribution in [0.5, 0.6) is 17.2 Å². The van der Waals surface area contributed by atoms with Gasteiger partial charge in [-0.25, -0.2) is 0 Å². The van der Waals surface area contributed by atoms with Crippen LogP contribution in [0.3, 0.4) is 0 Å². The second kappa shape index (κ2) is 7.18. The van der Waals surface area contributed by atoms with Crippen LogP contribution in [0.15, 0.2) is 40.9 Å². The van der Waals surface area contributed by atoms with Gasteiger partial charge in [-0.15, -0.1) is 0 Å². The molecule has 0 aliphatic heterocycles. The molecule has 0 saturated heterocycles. The molecule has 0 spiro atoms. The van der Waals surface area contributed by atoms with Crippen molar-refractivity contribution < 1.29 is 14.2 Å². The molecule has 0 aromatic heterocycles. The summed E-state index contributed by atoms with van der Waals surface area (Å²) in [6, 6.07) is 11.7. The number of methoxy groups -OCH3 is 3. The molecule has 0 heterocycles. The van der Waals surface area contributed by atoms with Crippen molar-refractivity contribution in [1.82, 2.24) is 0 Å². The Morgan fingerprint density at radius 1 is 0.905 bits per heavy atom. The lowest BCUT2D eigenvalue weighted by molar-refractivity contribution is 0.369. The Hall–Kier alpha value is -1.20. The van der Waals surface area contributed by atoms with Crippen LogP contribution < -0.4 is 14.2 Å². The van der Waals surface area contributed by atoms with Crippen molar-refractivity contribution in [1.29, 1.82) is 0 Å². The standard InChI is InChI=1S/C16H16Br2O3/c1-19-10-8-13(20-2)15(14(9-10)21-3)16(18)11-6-4-5-7-12(11)17/h4-9,16H,1-3H3. The third-order valence-corrected chi connectivity index (χ3v) is 4.86. The van der Waals surface area contributed by atoms with Gasteiger partial charge in [-0.1, -0.05) is 50.1 Å². The summed E-state index contributed by atoms with van der Waals surface area (Å²) >= 11 is 7.32. The van der Waals surface area contributed by atoms with Crippen LogP contribution in [0.2, 0.25) is 0 Å². The van der Waals surface area contributed by atoms with Gasteiger partial charge in [0.25, 0.3) is 0 Å². The zero-order chi connectivity index (χ0) is 15.4. The third-order valence-electron chi connectivity index (χ3n) is 3.18. The van der Waals surface area contributed by atoms with E-state index in [9.17, 15) is 0 Å². The summed E-state index contributed by atoms with van der Waals surface area (Å²) in [4.78, 5) is -0.0659. The quantitative estimate of drug-likeness (QED) is 0.646. The number of benzene rings is 2. The smallest absolute Gasteiger partial charge is 0.130 e. The van der Waals surface area contributed by atoms with E-state index in [1.54, 1.807) is 21.3 Å². The average Bonchev–Trinajstić information content (AvgIpc) is 2.53. The Bertz CT molecular complexity index is 604. The van der Waals surface area contributed by atoms with Crippen molar-refractivity contribution in [3.05, 3.63) is 52.0 Å². The fourth-order valence-electron chi connectivity index (χ4n) is 2.12. The summed E-state index contributed by atoms with van der Waals surface area (Å²) in [6.07, 6.45) is 0. The Balaban J connectivity index is 2.59. The fourth-order valence-corrected chi connectivity index (χ4v) is 3.79. The van der Waals surface area contributed by atoms with Crippen LogP contribution in [0, 0.1) is 0 Å². The molecule has 1 unspecified atom stereocenters. The molecular weight excluding hydrogens is 400 g/mol. The minimum atomic E-state index is -0.0659. The predicted octanol–water partition coefficient (Wildman–Crippen LogP) is 4.96. The zero-order valence-electron chi connectivity index (χ0n) is 12.0. The predicted molar refractivity (Wildman–Crippen MR) is 91.0 cm³/mol. The van der Waals surface area contributed by atoms with Crippen LogP contribution in [-0.4, -0.2) is 21.3 Å². The highest BCUT2D eigenvalue weighted by Gasteiger charge is 2.23. The number of ether oxygens (including phenoxy) is 3. The van der Waals surface area contributed by atoms with Gasteiger partial charge < -0.3 is 14.2 Å². The van der Waals surface area contributed by atoms with Crippen LogP contribution in [-0.2, 0) is 0 Å². The van der Waals surface area contributed by atoms with Gasteiger partial charge in [-0.2, -0.15) is 0 Å². The summed E-state index contributed by atoms with van der Waals surface area (Å²) in [5, 5.41) is 0. The Morgan fingerprint density at radius 2 is 1.48 bits per heavy atom. The number of rotatable bonds is 5. The molecule has 0 aliphatic rings. The molecular formula is C16H16Br2O3. The third kappa shape index (κ3) is 3.35. The van der Waals surface area contributed by atoms with Crippen molar-refractivity contribution in [2.45, 2.75) is 4.83 Å². The molecule has 0 N–H and O–H groups in total. The summed E-state index contributed by atoms with van der Waals surface area (Å²) < 4.78 is 17.3. The monoisotopic (exact) mass is 414 g/mol. The molecule has 2 rings (SSSR count). The lowest BCUT2D eigenvalue weighted by Crippen LogP contribution is -2.02. The second-order valence-electron chi connectivity index (χ2n) is 4.33. The molecule has 0 bridgehead atoms. The van der Waals surface area contributed by atoms with Crippen molar-refractivity contribution in [3.8, 4) is 17.2 Å². The minimum Gasteiger partial charge on any atom is -0.496 e. The first-order valence-corrected chi connectivity index (χ1v) is 8.01. The highest BCUT2D eigenvalue weighted by molar-refractivity contribution is 9.11. The van der Waals surface area contributed by atoms with E-state index < -0.39 is 0 Å². The maximum atomic E-state index is 5.51. The number of halogens is 2. The fraction of sp³-hybridized carbons (Fsp3) is 0.250. The Morgan fingerprint density at radius 3 is 1.95 bits per heavy atom. The van der Waals surface area contributed by atoms with Gasteiger partial charge in [0.1, 0.15) is 17.2 Å². The highest BCUT2D eigenvalue weighted by Crippen LogP contribution is 2.46. The first-order chi connectivity index (χ1) is 10.1. The lowest BCUT2D eigenvalue weighted by Gasteiger charge is -2.20. The normalized spacial score (nSPS) is 11.9. The minimum absolute atomic E-state index is 0.0659. The number of alkyl halides is 1. The van der Waals surface area contributed by atoms with Crippen LogP contribution >= 0.6 is 31.9 Å². The maximum Gasteiger partial charge on any atom is 0.130 e. The summed E-state index contributed by atoms with van der Waals surface area (Å²) in [7, 11) is 4.89. The van der Waals surface area contributed by atoms with Crippen LogP contribution in [0.4, 0.5) is 0 Å². The summed E-state index contributed by atoms with van der Waals surface area (Å²) in [5.74, 6) is 2.12. The molecule has 1 atom stereocenters. The molecule has 2 aromatic rings. The van der Waals surface area contributed by atoms with Crippen molar-refractivity contribution in [2.24, 2.45) is 0 Å². The van der Waals surface area contributed by atoms with Crippen molar-refractivity contribution >= 4 is 31.9 Å². The van der Waals surface area contributed by atoms with E-state index in [0.717, 1.165) is 15.6 Å². The Labute approximate surface area is 141 Å². The zero-order valence-corrected chi connectivity index (χ0v) is 15.2. The molecule has 0 amide bonds. The van der Waals surface area contributed by atoms with Crippen molar-refractivity contribution in [3.63, 3.8) is 0 Å². The van der Waals surface area contributed by atoms with E-state index in [1.807, 2.05) is 36.4 Å². The molecule has 2 aromatic carbocycles. The van der Waals surface area contributed by atoms with Gasteiger partial charge in [0.15, 0.2) is 0 Å². The average molecular weight is 416 g/mol. The van der Waals surface area contributed by atoms with Gasteiger partial charge in [0.05, 0.1) is 31.7 Å². The molecule has 0 radical (unpaired) electrons. The van der Waals surface area contributed by atoms with E-state index in [-0.39, 0.29) is 4.83 Å². The first-order valence-electron chi connectivity index (χ1n) is 6.30. The molecule has 5 heteroatoms. The van der Waals surface area contributed by atoms with Crippen LogP contribution in [0.1, 0.15) is 16.0 Å². The highest BCUT2D eigenvalue weighted by atomic mass is 79.9. The molecule has 3 nitrogen and oxygen atoms in total. The molecule has 112 valence electrons. The molecule has 0 saturated carbocycles. The van der Waals surface area contributed by atoms with E-state index >= 15 is 0 Å². The maximum absolute atomic E-state index is 5.51. The SMILES string of the molecule is COc1cc(OC)c(C(Br)c2ccccc2Br)c(OC)c1. The second-order valence-corrected chi connectivity index (χ2v) is 6.10. The lowest BCUT2D eigenvalue weighted by atomic mass is 10.0. The number of hydrogen-bond acceptors (Lipinski definition) is 3. The van der Waals surface area contributed by atoms with Gasteiger partial charge in [-0.05, 0) is 11.6 Å². The van der Waals surface area contributed by atoms with E-state index in [0.29, 0.717) is 17.2 Å². The summed E-state index contributed by atoms with van der Waals surface area (Å²) in [6.45, 7) is 0. The van der Waals surface area contributed by atoms with Gasteiger partial charge in [0, 0.05) is 16.6 Å². The van der Waals surface area contributed by atoms with E-state index in [1.165, 1.54) is 0 Å². The van der Waals surface area contributed by atoms with Crippen molar-refractivity contribution in [2.75, 3.05) is 21.3 Å². The molecule has 0 fully saturated rings. The number of hydrogen-bond donors (Lipinski definition) is 0. The first kappa shape index (κ1) is 16.2. The summed E-state index contributed by atoms with van der Waals surface area (Å²) in [5.41, 5.74) is 2.02. The van der Waals surface area contributed by atoms with E-state index in [2.05, 4.69) is 31.9 Å². The largest absolute Gasteiger partial charge is 0.496 e. The van der Waals surface area contributed by atoms with E-state index in [4.69, 9.17) is 14.2 Å². The molecule has 21 heavy (non-hydrogen) atoms.